The number of rotatable bonds is 4. The zero-order valence-corrected chi connectivity index (χ0v) is 13.2. The molecule has 0 spiro atoms. The molecule has 0 N–H and O–H groups in total. The van der Waals surface area contributed by atoms with Gasteiger partial charge in [0.05, 0.1) is 22.1 Å². The molecule has 7 nitrogen and oxygen atoms in total. The highest BCUT2D eigenvalue weighted by Gasteiger charge is 2.23. The normalized spacial score (nSPS) is 10.8. The van der Waals surface area contributed by atoms with E-state index in [0.717, 1.165) is 6.07 Å². The van der Waals surface area contributed by atoms with E-state index in [0.29, 0.717) is 10.6 Å². The van der Waals surface area contributed by atoms with E-state index in [1.54, 1.807) is 31.2 Å². The minimum absolute atomic E-state index is 0.0492. The Balaban J connectivity index is 2.24. The molecule has 0 aliphatic rings. The summed E-state index contributed by atoms with van der Waals surface area (Å²) in [6, 6.07) is 9.23. The SMILES string of the molecule is CCOC(=O)c1cc([N+](=O)[O-])cc2nc(-c3ccccc3Cl)oc12. The van der Waals surface area contributed by atoms with Crippen LogP contribution in [0.5, 0.6) is 0 Å². The van der Waals surface area contributed by atoms with E-state index >= 15 is 0 Å². The van der Waals surface area contributed by atoms with Gasteiger partial charge in [-0.3, -0.25) is 10.1 Å². The van der Waals surface area contributed by atoms with Crippen molar-refractivity contribution in [2.24, 2.45) is 0 Å². The van der Waals surface area contributed by atoms with Gasteiger partial charge in [-0.1, -0.05) is 23.7 Å². The Morgan fingerprint density at radius 1 is 1.38 bits per heavy atom. The Hall–Kier alpha value is -2.93. The highest BCUT2D eigenvalue weighted by atomic mass is 35.5. The van der Waals surface area contributed by atoms with Gasteiger partial charge in [0, 0.05) is 12.1 Å². The van der Waals surface area contributed by atoms with Crippen molar-refractivity contribution in [1.82, 2.24) is 4.98 Å². The van der Waals surface area contributed by atoms with Crippen molar-refractivity contribution in [2.45, 2.75) is 6.92 Å². The minimum atomic E-state index is -0.715. The minimum Gasteiger partial charge on any atom is -0.462 e. The van der Waals surface area contributed by atoms with E-state index in [-0.39, 0.29) is 34.8 Å². The van der Waals surface area contributed by atoms with Gasteiger partial charge in [0.1, 0.15) is 11.1 Å². The maximum absolute atomic E-state index is 12.1. The zero-order chi connectivity index (χ0) is 17.3. The topological polar surface area (TPSA) is 95.5 Å². The molecule has 0 fully saturated rings. The number of hydrogen-bond donors (Lipinski definition) is 0. The number of carbonyl (C=O) groups is 1. The van der Waals surface area contributed by atoms with E-state index in [9.17, 15) is 14.9 Å². The van der Waals surface area contributed by atoms with Gasteiger partial charge in [0.2, 0.25) is 5.89 Å². The largest absolute Gasteiger partial charge is 0.462 e. The standard InChI is InChI=1S/C16H11ClN2O5/c1-2-23-16(20)11-7-9(19(21)22)8-13-14(11)24-15(18-13)10-5-3-4-6-12(10)17/h3-8H,2H2,1H3. The van der Waals surface area contributed by atoms with Crippen LogP contribution in [-0.4, -0.2) is 22.5 Å². The second-order valence-corrected chi connectivity index (χ2v) is 5.23. The fourth-order valence-corrected chi connectivity index (χ4v) is 2.45. The number of non-ortho nitro benzene ring substituents is 1. The third-order valence-electron chi connectivity index (χ3n) is 3.29. The van der Waals surface area contributed by atoms with Gasteiger partial charge in [0.25, 0.3) is 5.69 Å². The fourth-order valence-electron chi connectivity index (χ4n) is 2.23. The molecule has 24 heavy (non-hydrogen) atoms. The Morgan fingerprint density at radius 3 is 2.79 bits per heavy atom. The number of nitro groups is 1. The number of aromatic nitrogens is 1. The van der Waals surface area contributed by atoms with Gasteiger partial charge in [0.15, 0.2) is 5.58 Å². The number of benzene rings is 2. The van der Waals surface area contributed by atoms with Crippen molar-refractivity contribution in [3.05, 3.63) is 57.1 Å². The maximum atomic E-state index is 12.1. The van der Waals surface area contributed by atoms with Crippen LogP contribution in [0, 0.1) is 10.1 Å². The van der Waals surface area contributed by atoms with Gasteiger partial charge < -0.3 is 9.15 Å². The molecule has 0 bridgehead atoms. The molecule has 8 heteroatoms. The number of nitro benzene ring substituents is 1. The van der Waals surface area contributed by atoms with Crippen molar-refractivity contribution >= 4 is 34.4 Å². The maximum Gasteiger partial charge on any atom is 0.342 e. The van der Waals surface area contributed by atoms with Crippen LogP contribution in [0.1, 0.15) is 17.3 Å². The van der Waals surface area contributed by atoms with Crippen molar-refractivity contribution in [3.8, 4) is 11.5 Å². The molecule has 0 unspecified atom stereocenters. The molecule has 0 saturated heterocycles. The van der Waals surface area contributed by atoms with E-state index in [1.165, 1.54) is 6.07 Å². The summed E-state index contributed by atoms with van der Waals surface area (Å²) >= 11 is 6.12. The van der Waals surface area contributed by atoms with Gasteiger partial charge in [-0.05, 0) is 19.1 Å². The average Bonchev–Trinajstić information content (AvgIpc) is 2.98. The van der Waals surface area contributed by atoms with Crippen molar-refractivity contribution < 1.29 is 18.9 Å². The third-order valence-corrected chi connectivity index (χ3v) is 3.61. The lowest BCUT2D eigenvalue weighted by atomic mass is 10.1. The van der Waals surface area contributed by atoms with Crippen LogP contribution < -0.4 is 0 Å². The second-order valence-electron chi connectivity index (χ2n) is 4.82. The molecule has 0 aliphatic carbocycles. The van der Waals surface area contributed by atoms with Crippen LogP contribution in [0.15, 0.2) is 40.8 Å². The smallest absolute Gasteiger partial charge is 0.342 e. The molecule has 0 saturated carbocycles. The predicted molar refractivity (Wildman–Crippen MR) is 87.1 cm³/mol. The highest BCUT2D eigenvalue weighted by molar-refractivity contribution is 6.33. The summed E-state index contributed by atoms with van der Waals surface area (Å²) in [6.07, 6.45) is 0. The first-order chi connectivity index (χ1) is 11.5. The molecular formula is C16H11ClN2O5. The number of hydrogen-bond acceptors (Lipinski definition) is 6. The summed E-state index contributed by atoms with van der Waals surface area (Å²) in [6.45, 7) is 1.77. The molecule has 3 rings (SSSR count). The molecule has 0 aliphatic heterocycles. The molecule has 122 valence electrons. The average molecular weight is 347 g/mol. The summed E-state index contributed by atoms with van der Waals surface area (Å²) in [4.78, 5) is 26.8. The van der Waals surface area contributed by atoms with Gasteiger partial charge in [-0.15, -0.1) is 0 Å². The lowest BCUT2D eigenvalue weighted by molar-refractivity contribution is -0.384. The molecular weight excluding hydrogens is 336 g/mol. The summed E-state index contributed by atoms with van der Waals surface area (Å²) in [5, 5.41) is 11.5. The lowest BCUT2D eigenvalue weighted by Crippen LogP contribution is -2.05. The first-order valence-electron chi connectivity index (χ1n) is 7.02. The molecule has 0 radical (unpaired) electrons. The molecule has 1 aromatic heterocycles. The van der Waals surface area contributed by atoms with Crippen molar-refractivity contribution in [2.75, 3.05) is 6.61 Å². The first-order valence-corrected chi connectivity index (χ1v) is 7.40. The molecule has 1 heterocycles. The lowest BCUT2D eigenvalue weighted by Gasteiger charge is -2.02. The monoisotopic (exact) mass is 346 g/mol. The number of carbonyl (C=O) groups excluding carboxylic acids is 1. The number of oxazole rings is 1. The predicted octanol–water partition coefficient (Wildman–Crippen LogP) is 4.23. The fraction of sp³-hybridized carbons (Fsp3) is 0.125. The van der Waals surface area contributed by atoms with Gasteiger partial charge in [-0.2, -0.15) is 0 Å². The van der Waals surface area contributed by atoms with Crippen LogP contribution in [-0.2, 0) is 4.74 Å². The Labute approximate surface area is 141 Å². The van der Waals surface area contributed by atoms with Gasteiger partial charge in [-0.25, -0.2) is 9.78 Å². The van der Waals surface area contributed by atoms with Crippen molar-refractivity contribution in [1.29, 1.82) is 0 Å². The van der Waals surface area contributed by atoms with Crippen LogP contribution in [0.4, 0.5) is 5.69 Å². The molecule has 3 aromatic rings. The summed E-state index contributed by atoms with van der Waals surface area (Å²) in [5.41, 5.74) is 0.500. The van der Waals surface area contributed by atoms with Crippen LogP contribution >= 0.6 is 11.6 Å². The van der Waals surface area contributed by atoms with Crippen LogP contribution in [0.2, 0.25) is 5.02 Å². The molecule has 2 aromatic carbocycles. The number of esters is 1. The summed E-state index contributed by atoms with van der Waals surface area (Å²) < 4.78 is 10.6. The highest BCUT2D eigenvalue weighted by Crippen LogP contribution is 2.33. The number of fused-ring (bicyclic) bond motifs is 1. The molecule has 0 amide bonds. The van der Waals surface area contributed by atoms with E-state index in [1.807, 2.05) is 0 Å². The number of ether oxygens (including phenoxy) is 1. The number of halogens is 1. The second kappa shape index (κ2) is 6.29. The first kappa shape index (κ1) is 15.9. The van der Waals surface area contributed by atoms with Crippen LogP contribution in [0.25, 0.3) is 22.6 Å². The molecule has 0 atom stereocenters. The quantitative estimate of drug-likeness (QED) is 0.398. The van der Waals surface area contributed by atoms with Crippen molar-refractivity contribution in [3.63, 3.8) is 0 Å². The van der Waals surface area contributed by atoms with E-state index in [2.05, 4.69) is 4.98 Å². The Kier molecular flexibility index (Phi) is 4.18. The number of nitrogens with zero attached hydrogens (tertiary/aromatic N) is 2. The summed E-state index contributed by atoms with van der Waals surface area (Å²) in [5.74, 6) is -0.547. The van der Waals surface area contributed by atoms with Crippen LogP contribution in [0.3, 0.4) is 0 Å². The Bertz CT molecular complexity index is 951. The van der Waals surface area contributed by atoms with E-state index < -0.39 is 10.9 Å². The zero-order valence-electron chi connectivity index (χ0n) is 12.5. The third kappa shape index (κ3) is 2.81. The summed E-state index contributed by atoms with van der Waals surface area (Å²) in [7, 11) is 0. The van der Waals surface area contributed by atoms with Gasteiger partial charge >= 0.3 is 5.97 Å². The van der Waals surface area contributed by atoms with E-state index in [4.69, 9.17) is 20.8 Å². The Morgan fingerprint density at radius 2 is 2.12 bits per heavy atom.